The molecule has 3 aromatic carbocycles. The fraction of sp³-hybridized carbons (Fsp3) is 0.136. The number of para-hydroxylation sites is 1. The highest BCUT2D eigenvalue weighted by Crippen LogP contribution is 2.47. The van der Waals surface area contributed by atoms with Gasteiger partial charge >= 0.3 is 0 Å². The van der Waals surface area contributed by atoms with Crippen molar-refractivity contribution in [3.05, 3.63) is 99.5 Å². The van der Waals surface area contributed by atoms with E-state index in [-0.39, 0.29) is 12.3 Å². The number of hydrazone groups is 1. The normalized spacial score (nSPS) is 20.5. The van der Waals surface area contributed by atoms with Crippen LogP contribution in [0.25, 0.3) is 0 Å². The molecule has 0 spiro atoms. The SMILES string of the molecule is Clc1ccc(C2Oc3ccccc3C3CC(c4ccccc4Cl)=NN32)cc1. The van der Waals surface area contributed by atoms with Crippen LogP contribution in [-0.2, 0) is 0 Å². The minimum atomic E-state index is -0.304. The molecule has 0 radical (unpaired) electrons. The Morgan fingerprint density at radius 2 is 1.63 bits per heavy atom. The van der Waals surface area contributed by atoms with E-state index in [1.807, 2.05) is 71.7 Å². The summed E-state index contributed by atoms with van der Waals surface area (Å²) in [6, 6.07) is 23.8. The lowest BCUT2D eigenvalue weighted by atomic mass is 9.96. The van der Waals surface area contributed by atoms with E-state index in [9.17, 15) is 0 Å². The molecule has 2 heterocycles. The monoisotopic (exact) mass is 394 g/mol. The summed E-state index contributed by atoms with van der Waals surface area (Å²) in [5, 5.41) is 8.39. The topological polar surface area (TPSA) is 24.8 Å². The summed E-state index contributed by atoms with van der Waals surface area (Å²) < 4.78 is 6.33. The van der Waals surface area contributed by atoms with Crippen LogP contribution in [-0.4, -0.2) is 10.7 Å². The summed E-state index contributed by atoms with van der Waals surface area (Å²) >= 11 is 12.5. The zero-order valence-electron chi connectivity index (χ0n) is 14.3. The van der Waals surface area contributed by atoms with Crippen molar-refractivity contribution in [2.45, 2.75) is 18.7 Å². The highest BCUT2D eigenvalue weighted by molar-refractivity contribution is 6.34. The predicted molar refractivity (Wildman–Crippen MR) is 108 cm³/mol. The molecule has 27 heavy (non-hydrogen) atoms. The van der Waals surface area contributed by atoms with E-state index in [1.165, 1.54) is 0 Å². The van der Waals surface area contributed by atoms with E-state index in [0.29, 0.717) is 10.0 Å². The molecule has 3 nitrogen and oxygen atoms in total. The number of nitrogens with zero attached hydrogens (tertiary/aromatic N) is 2. The largest absolute Gasteiger partial charge is 0.464 e. The van der Waals surface area contributed by atoms with Crippen LogP contribution in [0.2, 0.25) is 10.0 Å². The molecule has 0 bridgehead atoms. The van der Waals surface area contributed by atoms with Crippen LogP contribution < -0.4 is 4.74 Å². The van der Waals surface area contributed by atoms with Gasteiger partial charge in [-0.1, -0.05) is 71.7 Å². The van der Waals surface area contributed by atoms with E-state index in [2.05, 4.69) is 6.07 Å². The van der Waals surface area contributed by atoms with Crippen LogP contribution >= 0.6 is 23.2 Å². The molecule has 134 valence electrons. The molecule has 0 saturated carbocycles. The van der Waals surface area contributed by atoms with E-state index < -0.39 is 0 Å². The third-order valence-electron chi connectivity index (χ3n) is 5.04. The standard InChI is InChI=1S/C22H16Cl2N2O/c23-15-11-9-14(10-12-15)22-26-20(17-6-2-4-8-21(17)27-22)13-19(25-26)16-5-1-3-7-18(16)24/h1-12,20,22H,13H2. The van der Waals surface area contributed by atoms with Crippen LogP contribution in [0.15, 0.2) is 77.9 Å². The number of ether oxygens (including phenoxy) is 1. The van der Waals surface area contributed by atoms with E-state index >= 15 is 0 Å². The molecular weight excluding hydrogens is 379 g/mol. The average molecular weight is 395 g/mol. The molecule has 0 aliphatic carbocycles. The van der Waals surface area contributed by atoms with Gasteiger partial charge in [-0.15, -0.1) is 0 Å². The zero-order valence-corrected chi connectivity index (χ0v) is 15.9. The molecule has 5 heteroatoms. The van der Waals surface area contributed by atoms with Crippen LogP contribution in [0.4, 0.5) is 0 Å². The number of rotatable bonds is 2. The summed E-state index contributed by atoms with van der Waals surface area (Å²) in [6.45, 7) is 0. The fourth-order valence-electron chi connectivity index (χ4n) is 3.74. The Bertz CT molecular complexity index is 1030. The van der Waals surface area contributed by atoms with Gasteiger partial charge in [0.2, 0.25) is 6.23 Å². The third-order valence-corrected chi connectivity index (χ3v) is 5.62. The van der Waals surface area contributed by atoms with Gasteiger partial charge in [0.25, 0.3) is 0 Å². The lowest BCUT2D eigenvalue weighted by Crippen LogP contribution is -2.33. The van der Waals surface area contributed by atoms with Crippen LogP contribution in [0, 0.1) is 0 Å². The van der Waals surface area contributed by atoms with Gasteiger partial charge in [-0.2, -0.15) is 5.10 Å². The first-order valence-corrected chi connectivity index (χ1v) is 9.58. The number of fused-ring (bicyclic) bond motifs is 3. The van der Waals surface area contributed by atoms with Crippen molar-refractivity contribution in [3.8, 4) is 5.75 Å². The van der Waals surface area contributed by atoms with Crippen molar-refractivity contribution >= 4 is 28.9 Å². The number of halogens is 2. The molecule has 2 aliphatic rings. The minimum absolute atomic E-state index is 0.113. The maximum absolute atomic E-state index is 6.43. The second-order valence-corrected chi connectivity index (χ2v) is 7.53. The molecule has 0 amide bonds. The molecule has 5 rings (SSSR count). The number of hydrogen-bond acceptors (Lipinski definition) is 3. The van der Waals surface area contributed by atoms with Crippen LogP contribution in [0.3, 0.4) is 0 Å². The first-order valence-electron chi connectivity index (χ1n) is 8.82. The Hall–Kier alpha value is -2.49. The van der Waals surface area contributed by atoms with E-state index in [0.717, 1.165) is 34.6 Å². The van der Waals surface area contributed by atoms with Crippen LogP contribution in [0.1, 0.15) is 35.4 Å². The summed E-state index contributed by atoms with van der Waals surface area (Å²) in [7, 11) is 0. The Kier molecular flexibility index (Phi) is 4.07. The molecule has 2 atom stereocenters. The maximum atomic E-state index is 6.43. The Morgan fingerprint density at radius 1 is 0.889 bits per heavy atom. The second-order valence-electron chi connectivity index (χ2n) is 6.69. The first kappa shape index (κ1) is 16.7. The van der Waals surface area contributed by atoms with Gasteiger partial charge in [-0.25, -0.2) is 5.01 Å². The molecule has 0 fully saturated rings. The van der Waals surface area contributed by atoms with Crippen molar-refractivity contribution < 1.29 is 4.74 Å². The van der Waals surface area contributed by atoms with Crippen molar-refractivity contribution in [2.75, 3.05) is 0 Å². The lowest BCUT2D eigenvalue weighted by Gasteiger charge is -2.38. The zero-order chi connectivity index (χ0) is 18.4. The van der Waals surface area contributed by atoms with Crippen molar-refractivity contribution in [2.24, 2.45) is 5.10 Å². The maximum Gasteiger partial charge on any atom is 0.213 e. The average Bonchev–Trinajstić information content (AvgIpc) is 3.14. The number of benzene rings is 3. The molecule has 0 N–H and O–H groups in total. The summed E-state index contributed by atoms with van der Waals surface area (Å²) in [4.78, 5) is 0. The quantitative estimate of drug-likeness (QED) is 0.513. The van der Waals surface area contributed by atoms with Crippen molar-refractivity contribution in [1.82, 2.24) is 5.01 Å². The highest BCUT2D eigenvalue weighted by Gasteiger charge is 2.41. The molecule has 0 saturated heterocycles. The smallest absolute Gasteiger partial charge is 0.213 e. The van der Waals surface area contributed by atoms with Gasteiger partial charge < -0.3 is 4.74 Å². The Balaban J connectivity index is 1.61. The lowest BCUT2D eigenvalue weighted by molar-refractivity contribution is -0.0190. The first-order chi connectivity index (χ1) is 13.2. The van der Waals surface area contributed by atoms with Gasteiger partial charge in [0, 0.05) is 33.2 Å². The van der Waals surface area contributed by atoms with E-state index in [4.69, 9.17) is 33.0 Å². The molecule has 3 aromatic rings. The van der Waals surface area contributed by atoms with Gasteiger partial charge in [0.05, 0.1) is 11.8 Å². The van der Waals surface area contributed by atoms with Crippen LogP contribution in [0.5, 0.6) is 5.75 Å². The summed E-state index contributed by atoms with van der Waals surface area (Å²) in [5.74, 6) is 0.898. The minimum Gasteiger partial charge on any atom is -0.464 e. The molecule has 0 aromatic heterocycles. The molecule has 2 aliphatic heterocycles. The third kappa shape index (κ3) is 2.88. The fourth-order valence-corrected chi connectivity index (χ4v) is 4.11. The van der Waals surface area contributed by atoms with Gasteiger partial charge in [0.1, 0.15) is 5.75 Å². The number of hydrogen-bond donors (Lipinski definition) is 0. The van der Waals surface area contributed by atoms with Crippen molar-refractivity contribution in [1.29, 1.82) is 0 Å². The molecular formula is C22H16Cl2N2O. The summed E-state index contributed by atoms with van der Waals surface area (Å²) in [6.07, 6.45) is 0.482. The Morgan fingerprint density at radius 3 is 2.44 bits per heavy atom. The van der Waals surface area contributed by atoms with Crippen molar-refractivity contribution in [3.63, 3.8) is 0 Å². The predicted octanol–water partition coefficient (Wildman–Crippen LogP) is 6.24. The summed E-state index contributed by atoms with van der Waals surface area (Å²) in [5.41, 5.74) is 4.11. The molecule has 2 unspecified atom stereocenters. The van der Waals surface area contributed by atoms with Gasteiger partial charge in [-0.05, 0) is 24.3 Å². The van der Waals surface area contributed by atoms with Gasteiger partial charge in [-0.3, -0.25) is 0 Å². The van der Waals surface area contributed by atoms with Gasteiger partial charge in [0.15, 0.2) is 0 Å². The highest BCUT2D eigenvalue weighted by atomic mass is 35.5. The Labute approximate surface area is 167 Å². The second kappa shape index (κ2) is 6.59. The van der Waals surface area contributed by atoms with E-state index in [1.54, 1.807) is 0 Å².